The highest BCUT2D eigenvalue weighted by Crippen LogP contribution is 2.30. The van der Waals surface area contributed by atoms with Gasteiger partial charge in [0.25, 0.3) is 6.43 Å². The summed E-state index contributed by atoms with van der Waals surface area (Å²) in [6.45, 7) is 3.73. The summed E-state index contributed by atoms with van der Waals surface area (Å²) >= 11 is 0. The molecule has 9 nitrogen and oxygen atoms in total. The van der Waals surface area contributed by atoms with E-state index in [-0.39, 0.29) is 18.6 Å². The smallest absolute Gasteiger partial charge is 0.250 e. The lowest BCUT2D eigenvalue weighted by Gasteiger charge is -2.34. The van der Waals surface area contributed by atoms with Crippen molar-refractivity contribution in [1.82, 2.24) is 29.8 Å². The molecule has 0 aliphatic carbocycles. The highest BCUT2D eigenvalue weighted by atomic mass is 19.3. The van der Waals surface area contributed by atoms with Crippen LogP contribution in [0.15, 0.2) is 35.6 Å². The number of hydrogen-bond donors (Lipinski definition) is 2. The Hall–Kier alpha value is -3.09. The van der Waals surface area contributed by atoms with Crippen molar-refractivity contribution in [3.63, 3.8) is 0 Å². The molecule has 0 aromatic carbocycles. The van der Waals surface area contributed by atoms with Crippen LogP contribution in [0.5, 0.6) is 0 Å². The van der Waals surface area contributed by atoms with E-state index in [2.05, 4.69) is 30.6 Å². The summed E-state index contributed by atoms with van der Waals surface area (Å²) in [5, 5.41) is 10.5. The number of aliphatic imine (C=N–C) groups is 1. The molecular weight excluding hydrogens is 473 g/mol. The van der Waals surface area contributed by atoms with Gasteiger partial charge in [0, 0.05) is 37.0 Å². The number of pyridine rings is 1. The molecule has 0 unspecified atom stereocenters. The fourth-order valence-electron chi connectivity index (χ4n) is 4.97. The van der Waals surface area contributed by atoms with Crippen LogP contribution < -0.4 is 10.6 Å². The van der Waals surface area contributed by atoms with Crippen LogP contribution in [0, 0.1) is 0 Å². The fourth-order valence-corrected chi connectivity index (χ4v) is 4.97. The second-order valence-electron chi connectivity index (χ2n) is 9.52. The van der Waals surface area contributed by atoms with Gasteiger partial charge in [-0.1, -0.05) is 0 Å². The summed E-state index contributed by atoms with van der Waals surface area (Å²) in [4.78, 5) is 15.9. The summed E-state index contributed by atoms with van der Waals surface area (Å²) in [6.07, 6.45) is 0.563. The van der Waals surface area contributed by atoms with Gasteiger partial charge < -0.3 is 15.4 Å². The number of anilines is 1. The first kappa shape index (κ1) is 23.3. The Bertz CT molecular complexity index is 1290. The second kappa shape index (κ2) is 9.41. The maximum absolute atomic E-state index is 14.6. The van der Waals surface area contributed by atoms with Gasteiger partial charge in [0.05, 0.1) is 66.7 Å². The van der Waals surface area contributed by atoms with Gasteiger partial charge in [0.15, 0.2) is 0 Å². The maximum atomic E-state index is 14.6. The molecule has 3 aliphatic heterocycles. The van der Waals surface area contributed by atoms with Gasteiger partial charge in [0.2, 0.25) is 5.95 Å². The maximum Gasteiger partial charge on any atom is 0.250 e. The average molecular weight is 501 g/mol. The average Bonchev–Trinajstić information content (AvgIpc) is 3.39. The van der Waals surface area contributed by atoms with Crippen molar-refractivity contribution in [2.45, 2.75) is 44.1 Å². The third-order valence-electron chi connectivity index (χ3n) is 7.09. The summed E-state index contributed by atoms with van der Waals surface area (Å²) in [7, 11) is 0. The standard InChI is InChI=1S/C24H27F3N8O/c1-13-19(28-8-23(26)27)6-20-18(30-13)3-2-17(31-20)15-4-5-35-22(15)7-29-24(33-35)32-21-10-34(9-16(21)25)14-11-36-12-14/h2-5,7,14,16,19,21,23,28H,6,8-12H2,1H3,(H,32,33)/t16-,19-,21-/m0/s1. The van der Waals surface area contributed by atoms with Gasteiger partial charge in [-0.05, 0) is 25.1 Å². The van der Waals surface area contributed by atoms with Gasteiger partial charge in [-0.2, -0.15) is 0 Å². The number of alkyl halides is 3. The monoisotopic (exact) mass is 500 g/mol. The largest absolute Gasteiger partial charge is 0.378 e. The number of aromatic nitrogens is 4. The first-order valence-corrected chi connectivity index (χ1v) is 12.1. The van der Waals surface area contributed by atoms with Crippen molar-refractivity contribution >= 4 is 22.9 Å². The number of ether oxygens (including phenoxy) is 1. The van der Waals surface area contributed by atoms with Gasteiger partial charge in [-0.3, -0.25) is 14.9 Å². The normalized spacial score (nSPS) is 24.7. The third kappa shape index (κ3) is 4.44. The molecule has 6 heterocycles. The predicted molar refractivity (Wildman–Crippen MR) is 129 cm³/mol. The van der Waals surface area contributed by atoms with Crippen LogP contribution in [0.1, 0.15) is 12.6 Å². The van der Waals surface area contributed by atoms with Crippen LogP contribution in [0.3, 0.4) is 0 Å². The van der Waals surface area contributed by atoms with Crippen molar-refractivity contribution in [2.75, 3.05) is 38.2 Å². The number of nitrogens with one attached hydrogen (secondary N) is 2. The molecule has 2 N–H and O–H groups in total. The fraction of sp³-hybridized carbons (Fsp3) is 0.500. The minimum atomic E-state index is -2.42. The van der Waals surface area contributed by atoms with E-state index in [1.165, 1.54) is 0 Å². The molecule has 0 bridgehead atoms. The molecular formula is C24H27F3N8O. The van der Waals surface area contributed by atoms with Crippen LogP contribution >= 0.6 is 0 Å². The number of fused-ring (bicyclic) bond motifs is 2. The van der Waals surface area contributed by atoms with E-state index >= 15 is 0 Å². The summed E-state index contributed by atoms with van der Waals surface area (Å²) in [5.74, 6) is 0.361. The Morgan fingerprint density at radius 3 is 2.83 bits per heavy atom. The van der Waals surface area contributed by atoms with Crippen LogP contribution in [-0.4, -0.2) is 93.8 Å². The molecule has 2 saturated heterocycles. The van der Waals surface area contributed by atoms with E-state index in [0.29, 0.717) is 44.7 Å². The predicted octanol–water partition coefficient (Wildman–Crippen LogP) is 2.50. The number of halogens is 3. The number of hydrogen-bond acceptors (Lipinski definition) is 8. The molecule has 0 radical (unpaired) electrons. The van der Waals surface area contributed by atoms with E-state index in [1.54, 1.807) is 10.7 Å². The van der Waals surface area contributed by atoms with Crippen LogP contribution in [0.4, 0.5) is 24.8 Å². The molecule has 3 aromatic heterocycles. The minimum absolute atomic E-state index is 0.278. The van der Waals surface area contributed by atoms with Crippen molar-refractivity contribution in [3.8, 4) is 11.3 Å². The first-order chi connectivity index (χ1) is 17.4. The zero-order chi connectivity index (χ0) is 24.8. The van der Waals surface area contributed by atoms with Crippen molar-refractivity contribution in [1.29, 1.82) is 0 Å². The van der Waals surface area contributed by atoms with E-state index in [9.17, 15) is 13.2 Å². The molecule has 3 atom stereocenters. The summed E-state index contributed by atoms with van der Waals surface area (Å²) < 4.78 is 46.9. The zero-order valence-electron chi connectivity index (χ0n) is 19.7. The Labute approximate surface area is 205 Å². The molecule has 12 heteroatoms. The Kier molecular flexibility index (Phi) is 6.10. The van der Waals surface area contributed by atoms with E-state index in [1.807, 2.05) is 31.3 Å². The molecule has 190 valence electrons. The van der Waals surface area contributed by atoms with Gasteiger partial charge in [-0.25, -0.2) is 22.7 Å². The quantitative estimate of drug-likeness (QED) is 0.515. The van der Waals surface area contributed by atoms with E-state index in [4.69, 9.17) is 9.72 Å². The van der Waals surface area contributed by atoms with E-state index in [0.717, 1.165) is 33.9 Å². The van der Waals surface area contributed by atoms with Crippen molar-refractivity contribution < 1.29 is 17.9 Å². The molecule has 0 saturated carbocycles. The highest BCUT2D eigenvalue weighted by molar-refractivity contribution is 5.92. The van der Waals surface area contributed by atoms with Crippen LogP contribution in [0.25, 0.3) is 16.8 Å². The molecule has 3 aliphatic rings. The molecule has 2 fully saturated rings. The molecule has 3 aromatic rings. The van der Waals surface area contributed by atoms with Gasteiger partial charge in [0.1, 0.15) is 6.17 Å². The third-order valence-corrected chi connectivity index (χ3v) is 7.09. The number of likely N-dealkylation sites (tertiary alicyclic amines) is 1. The lowest BCUT2D eigenvalue weighted by molar-refractivity contribution is -0.0585. The Balaban J connectivity index is 1.20. The topological polar surface area (TPSA) is 92.0 Å². The van der Waals surface area contributed by atoms with Crippen LogP contribution in [0.2, 0.25) is 0 Å². The van der Waals surface area contributed by atoms with Crippen LogP contribution in [-0.2, 0) is 11.2 Å². The van der Waals surface area contributed by atoms with Crippen molar-refractivity contribution in [3.05, 3.63) is 36.3 Å². The molecule has 6 rings (SSSR count). The molecule has 0 spiro atoms. The van der Waals surface area contributed by atoms with Gasteiger partial charge in [-0.15, -0.1) is 5.10 Å². The number of rotatable bonds is 7. The number of nitrogens with zero attached hydrogens (tertiary/aromatic N) is 6. The van der Waals surface area contributed by atoms with E-state index < -0.39 is 12.6 Å². The molecule has 36 heavy (non-hydrogen) atoms. The summed E-state index contributed by atoms with van der Waals surface area (Å²) in [5.41, 5.74) is 4.58. The highest BCUT2D eigenvalue weighted by Gasteiger charge is 2.39. The summed E-state index contributed by atoms with van der Waals surface area (Å²) in [6, 6.07) is 5.31. The molecule has 0 amide bonds. The SMILES string of the molecule is CC1=Nc2ccc(-c3ccn4nc(N[C@H]5CN(C6COC6)C[C@@H]5F)ncc34)nc2C[C@@H]1NCC(F)F. The lowest BCUT2D eigenvalue weighted by atomic mass is 10.0. The second-order valence-corrected chi connectivity index (χ2v) is 9.52. The lowest BCUT2D eigenvalue weighted by Crippen LogP contribution is -2.48. The first-order valence-electron chi connectivity index (χ1n) is 12.1. The van der Waals surface area contributed by atoms with Gasteiger partial charge >= 0.3 is 0 Å². The Morgan fingerprint density at radius 2 is 2.06 bits per heavy atom. The van der Waals surface area contributed by atoms with Crippen molar-refractivity contribution in [2.24, 2.45) is 4.99 Å². The Morgan fingerprint density at radius 1 is 1.19 bits per heavy atom. The zero-order valence-corrected chi connectivity index (χ0v) is 19.7. The minimum Gasteiger partial charge on any atom is -0.378 e.